The van der Waals surface area contributed by atoms with Crippen molar-refractivity contribution in [2.45, 2.75) is 6.92 Å². The minimum Gasteiger partial charge on any atom is -0.461 e. The topological polar surface area (TPSA) is 66.2 Å². The molecule has 1 aromatic heterocycles. The van der Waals surface area contributed by atoms with Gasteiger partial charge in [-0.1, -0.05) is 0 Å². The second-order valence-corrected chi connectivity index (χ2v) is 7.28. The van der Waals surface area contributed by atoms with Gasteiger partial charge in [-0.3, -0.25) is 4.79 Å². The second kappa shape index (κ2) is 8.20. The first-order chi connectivity index (χ1) is 12.5. The van der Waals surface area contributed by atoms with Crippen molar-refractivity contribution >= 4 is 16.9 Å². The zero-order valence-electron chi connectivity index (χ0n) is 15.8. The summed E-state index contributed by atoms with van der Waals surface area (Å²) >= 11 is 0. The Morgan fingerprint density at radius 1 is 1.35 bits per heavy atom. The van der Waals surface area contributed by atoms with Crippen LogP contribution in [0.1, 0.15) is 16.1 Å². The number of hydrogen-bond acceptors (Lipinski definition) is 5. The van der Waals surface area contributed by atoms with Crippen LogP contribution in [0.5, 0.6) is 0 Å². The van der Waals surface area contributed by atoms with E-state index in [9.17, 15) is 9.90 Å². The number of amides is 1. The van der Waals surface area contributed by atoms with Crippen molar-refractivity contribution < 1.29 is 19.1 Å². The quantitative estimate of drug-likeness (QED) is 0.818. The van der Waals surface area contributed by atoms with Crippen LogP contribution in [0.25, 0.3) is 11.0 Å². The molecule has 6 nitrogen and oxygen atoms in total. The number of aliphatic hydroxyl groups is 1. The number of ether oxygens (including phenoxy) is 1. The SMILES string of the molecule is COCCN(C)C[C@@H]1CN(C(=O)c2ccc3oc(C)cc3c2)C[C@@H]1CO. The summed E-state index contributed by atoms with van der Waals surface area (Å²) in [4.78, 5) is 17.0. The van der Waals surface area contributed by atoms with Gasteiger partial charge < -0.3 is 24.1 Å². The molecule has 1 amide bonds. The summed E-state index contributed by atoms with van der Waals surface area (Å²) in [5.74, 6) is 1.24. The molecule has 1 aromatic carbocycles. The van der Waals surface area contributed by atoms with Crippen LogP contribution in [0, 0.1) is 18.8 Å². The molecular formula is C20H28N2O4. The number of methoxy groups -OCH3 is 1. The highest BCUT2D eigenvalue weighted by Gasteiger charge is 2.35. The summed E-state index contributed by atoms with van der Waals surface area (Å²) in [6.45, 7) is 5.64. The molecule has 1 aliphatic rings. The van der Waals surface area contributed by atoms with E-state index in [0.29, 0.717) is 25.3 Å². The van der Waals surface area contributed by atoms with Crippen LogP contribution >= 0.6 is 0 Å². The number of rotatable bonds is 7. The van der Waals surface area contributed by atoms with E-state index in [1.165, 1.54) is 0 Å². The van der Waals surface area contributed by atoms with E-state index >= 15 is 0 Å². The maximum atomic E-state index is 12.9. The third-order valence-corrected chi connectivity index (χ3v) is 5.21. The van der Waals surface area contributed by atoms with Gasteiger partial charge in [0.1, 0.15) is 11.3 Å². The minimum atomic E-state index is 0.0197. The fourth-order valence-electron chi connectivity index (χ4n) is 3.75. The molecule has 1 fully saturated rings. The van der Waals surface area contributed by atoms with Gasteiger partial charge in [-0.15, -0.1) is 0 Å². The molecule has 3 rings (SSSR count). The van der Waals surface area contributed by atoms with Crippen molar-refractivity contribution in [1.82, 2.24) is 9.80 Å². The van der Waals surface area contributed by atoms with E-state index in [-0.39, 0.29) is 24.3 Å². The third-order valence-electron chi connectivity index (χ3n) is 5.21. The molecule has 2 heterocycles. The van der Waals surface area contributed by atoms with Gasteiger partial charge in [-0.05, 0) is 44.2 Å². The van der Waals surface area contributed by atoms with Crippen molar-refractivity contribution in [3.05, 3.63) is 35.6 Å². The first-order valence-corrected chi connectivity index (χ1v) is 9.09. The number of hydrogen-bond donors (Lipinski definition) is 1. The summed E-state index contributed by atoms with van der Waals surface area (Å²) in [6.07, 6.45) is 0. The Hall–Kier alpha value is -1.89. The van der Waals surface area contributed by atoms with E-state index in [1.807, 2.05) is 43.1 Å². The van der Waals surface area contributed by atoms with Crippen molar-refractivity contribution in [3.8, 4) is 0 Å². The van der Waals surface area contributed by atoms with E-state index < -0.39 is 0 Å². The first kappa shape index (κ1) is 18.9. The molecule has 0 spiro atoms. The minimum absolute atomic E-state index is 0.0197. The van der Waals surface area contributed by atoms with Gasteiger partial charge in [-0.2, -0.15) is 0 Å². The monoisotopic (exact) mass is 360 g/mol. The highest BCUT2D eigenvalue weighted by Crippen LogP contribution is 2.27. The van der Waals surface area contributed by atoms with Crippen LogP contribution < -0.4 is 0 Å². The molecule has 0 aliphatic carbocycles. The van der Waals surface area contributed by atoms with Crippen molar-refractivity contribution in [2.75, 3.05) is 53.6 Å². The third kappa shape index (κ3) is 4.09. The Labute approximate surface area is 154 Å². The summed E-state index contributed by atoms with van der Waals surface area (Å²) in [6, 6.07) is 7.51. The van der Waals surface area contributed by atoms with Crippen molar-refractivity contribution in [1.29, 1.82) is 0 Å². The standard InChI is InChI=1S/C20H28N2O4/c1-14-8-16-9-15(4-5-19(16)26-14)20(24)22-11-17(18(12-22)13-23)10-21(2)6-7-25-3/h4-5,8-9,17-18,23H,6-7,10-13H2,1-3H3/t17-,18-/m1/s1. The Morgan fingerprint density at radius 2 is 2.12 bits per heavy atom. The van der Waals surface area contributed by atoms with E-state index in [2.05, 4.69) is 4.90 Å². The van der Waals surface area contributed by atoms with Crippen LogP contribution in [0.4, 0.5) is 0 Å². The molecule has 1 aliphatic heterocycles. The molecule has 1 saturated heterocycles. The molecular weight excluding hydrogens is 332 g/mol. The lowest BCUT2D eigenvalue weighted by Crippen LogP contribution is -2.33. The number of aryl methyl sites for hydroxylation is 1. The molecule has 6 heteroatoms. The van der Waals surface area contributed by atoms with Crippen LogP contribution in [0.2, 0.25) is 0 Å². The Bertz CT molecular complexity index is 757. The number of nitrogens with zero attached hydrogens (tertiary/aromatic N) is 2. The molecule has 0 unspecified atom stereocenters. The van der Waals surface area contributed by atoms with Crippen LogP contribution in [0.3, 0.4) is 0 Å². The molecule has 2 atom stereocenters. The molecule has 26 heavy (non-hydrogen) atoms. The van der Waals surface area contributed by atoms with Gasteiger partial charge >= 0.3 is 0 Å². The molecule has 0 saturated carbocycles. The number of benzene rings is 1. The highest BCUT2D eigenvalue weighted by molar-refractivity contribution is 5.98. The van der Waals surface area contributed by atoms with E-state index in [4.69, 9.17) is 9.15 Å². The van der Waals surface area contributed by atoms with Gasteiger partial charge in [0, 0.05) is 56.8 Å². The van der Waals surface area contributed by atoms with Crippen LogP contribution in [0.15, 0.2) is 28.7 Å². The molecule has 0 radical (unpaired) electrons. The van der Waals surface area contributed by atoms with Crippen LogP contribution in [-0.4, -0.2) is 74.4 Å². The number of fused-ring (bicyclic) bond motifs is 1. The maximum Gasteiger partial charge on any atom is 0.253 e. The normalized spacial score (nSPS) is 20.4. The van der Waals surface area contributed by atoms with E-state index in [0.717, 1.165) is 29.8 Å². The largest absolute Gasteiger partial charge is 0.461 e. The van der Waals surface area contributed by atoms with Gasteiger partial charge in [0.05, 0.1) is 6.61 Å². The Morgan fingerprint density at radius 3 is 2.85 bits per heavy atom. The average Bonchev–Trinajstić information content (AvgIpc) is 3.20. The fraction of sp³-hybridized carbons (Fsp3) is 0.550. The Balaban J connectivity index is 1.68. The lowest BCUT2D eigenvalue weighted by atomic mass is 9.96. The van der Waals surface area contributed by atoms with Crippen LogP contribution in [-0.2, 0) is 4.74 Å². The second-order valence-electron chi connectivity index (χ2n) is 7.28. The zero-order valence-corrected chi connectivity index (χ0v) is 15.8. The number of furan rings is 1. The van der Waals surface area contributed by atoms with Gasteiger partial charge in [0.15, 0.2) is 0 Å². The number of likely N-dealkylation sites (tertiary alicyclic amines) is 1. The summed E-state index contributed by atoms with van der Waals surface area (Å²) in [5.41, 5.74) is 1.47. The predicted octanol–water partition coefficient (Wildman–Crippen LogP) is 2.00. The van der Waals surface area contributed by atoms with Crippen molar-refractivity contribution in [2.24, 2.45) is 11.8 Å². The lowest BCUT2D eigenvalue weighted by Gasteiger charge is -2.23. The maximum absolute atomic E-state index is 12.9. The molecule has 2 aromatic rings. The number of aliphatic hydroxyl groups excluding tert-OH is 1. The number of likely N-dealkylation sites (N-methyl/N-ethyl adjacent to an activating group) is 1. The van der Waals surface area contributed by atoms with E-state index in [1.54, 1.807) is 7.11 Å². The highest BCUT2D eigenvalue weighted by atomic mass is 16.5. The Kier molecular flexibility index (Phi) is 5.96. The smallest absolute Gasteiger partial charge is 0.253 e. The number of carbonyl (C=O) groups excluding carboxylic acids is 1. The first-order valence-electron chi connectivity index (χ1n) is 9.09. The van der Waals surface area contributed by atoms with Crippen molar-refractivity contribution in [3.63, 3.8) is 0 Å². The fourth-order valence-corrected chi connectivity index (χ4v) is 3.75. The predicted molar refractivity (Wildman–Crippen MR) is 100 cm³/mol. The molecule has 142 valence electrons. The van der Waals surface area contributed by atoms with Gasteiger partial charge in [0.2, 0.25) is 0 Å². The lowest BCUT2D eigenvalue weighted by molar-refractivity contribution is 0.0779. The summed E-state index contributed by atoms with van der Waals surface area (Å²) < 4.78 is 10.7. The summed E-state index contributed by atoms with van der Waals surface area (Å²) in [5, 5.41) is 10.7. The van der Waals surface area contributed by atoms with Gasteiger partial charge in [-0.25, -0.2) is 0 Å². The zero-order chi connectivity index (χ0) is 18.7. The molecule has 0 bridgehead atoms. The number of carbonyl (C=O) groups is 1. The van der Waals surface area contributed by atoms with Gasteiger partial charge in [0.25, 0.3) is 5.91 Å². The summed E-state index contributed by atoms with van der Waals surface area (Å²) in [7, 11) is 3.74. The average molecular weight is 360 g/mol. The molecule has 1 N–H and O–H groups in total.